The maximum absolute atomic E-state index is 14.5. The number of ether oxygens (including phenoxy) is 2. The van der Waals surface area contributed by atoms with Gasteiger partial charge < -0.3 is 29.3 Å². The van der Waals surface area contributed by atoms with Crippen LogP contribution >= 0.6 is 0 Å². The van der Waals surface area contributed by atoms with Crippen molar-refractivity contribution < 1.29 is 33.8 Å². The molecule has 0 unspecified atom stereocenters. The van der Waals surface area contributed by atoms with Crippen molar-refractivity contribution in [3.05, 3.63) is 35.9 Å². The van der Waals surface area contributed by atoms with Crippen molar-refractivity contribution in [2.24, 2.45) is 29.6 Å². The number of rotatable bonds is 21. The molecule has 0 bridgehead atoms. The van der Waals surface area contributed by atoms with Crippen LogP contribution in [0.2, 0.25) is 0 Å². The average molecular weight is 787 g/mol. The summed E-state index contributed by atoms with van der Waals surface area (Å²) in [6, 6.07) is 7.74. The van der Waals surface area contributed by atoms with Crippen molar-refractivity contribution in [2.45, 2.75) is 156 Å². The Kier molecular flexibility index (Phi) is 19.2. The number of carbonyl (C=O) groups is 4. The highest BCUT2D eigenvalue weighted by Crippen LogP contribution is 2.32. The van der Waals surface area contributed by atoms with Crippen LogP contribution in [-0.2, 0) is 28.7 Å². The first kappa shape index (κ1) is 49.3. The van der Waals surface area contributed by atoms with E-state index in [-0.39, 0.29) is 71.7 Å². The lowest BCUT2D eigenvalue weighted by molar-refractivity contribution is -0.151. The molecule has 1 heterocycles. The fraction of sp³-hybridized carbons (Fsp3) is 0.778. The molecule has 1 N–H and O–H groups in total. The summed E-state index contributed by atoms with van der Waals surface area (Å²) in [6.07, 6.45) is 0.379. The number of hydrogen-bond acceptors (Lipinski definition) is 8. The van der Waals surface area contributed by atoms with Crippen LogP contribution in [0.25, 0.3) is 0 Å². The molecule has 1 aromatic carbocycles. The Morgan fingerprint density at radius 2 is 1.45 bits per heavy atom. The number of carbonyl (C=O) groups excluding carboxylic acids is 4. The van der Waals surface area contributed by atoms with E-state index in [1.165, 1.54) is 0 Å². The van der Waals surface area contributed by atoms with Crippen molar-refractivity contribution >= 4 is 23.5 Å². The highest BCUT2D eigenvalue weighted by molar-refractivity contribution is 5.90. The van der Waals surface area contributed by atoms with Crippen molar-refractivity contribution in [1.29, 1.82) is 0 Å². The van der Waals surface area contributed by atoms with Crippen LogP contribution in [0.1, 0.15) is 120 Å². The van der Waals surface area contributed by atoms with Gasteiger partial charge in [-0.2, -0.15) is 0 Å². The zero-order valence-electron chi connectivity index (χ0n) is 37.7. The molecule has 11 nitrogen and oxygen atoms in total. The molecule has 1 aliphatic heterocycles. The molecular weight excluding hydrogens is 709 g/mol. The van der Waals surface area contributed by atoms with Crippen molar-refractivity contribution in [1.82, 2.24) is 19.6 Å². The van der Waals surface area contributed by atoms with Crippen LogP contribution in [-0.4, -0.2) is 132 Å². The normalized spacial score (nSPS) is 19.9. The van der Waals surface area contributed by atoms with Gasteiger partial charge in [0.15, 0.2) is 5.78 Å². The van der Waals surface area contributed by atoms with Crippen molar-refractivity contribution in [3.63, 3.8) is 0 Å². The van der Waals surface area contributed by atoms with Gasteiger partial charge in [-0.1, -0.05) is 85.2 Å². The van der Waals surface area contributed by atoms with E-state index in [9.17, 15) is 24.3 Å². The second-order valence-corrected chi connectivity index (χ2v) is 18.1. The number of likely N-dealkylation sites (tertiary alicyclic amines) is 1. The number of hydrogen-bond donors (Lipinski definition) is 1. The molecule has 1 aromatic rings. The first-order chi connectivity index (χ1) is 26.1. The number of methoxy groups -OCH3 is 2. The summed E-state index contributed by atoms with van der Waals surface area (Å²) in [6.45, 7) is 22.7. The van der Waals surface area contributed by atoms with Crippen molar-refractivity contribution in [2.75, 3.05) is 41.9 Å². The average Bonchev–Trinajstić information content (AvgIpc) is 3.64. The highest BCUT2D eigenvalue weighted by Gasteiger charge is 2.44. The third kappa shape index (κ3) is 12.1. The number of benzene rings is 1. The monoisotopic (exact) mass is 787 g/mol. The second-order valence-electron chi connectivity index (χ2n) is 18.1. The molecule has 1 aliphatic rings. The van der Waals surface area contributed by atoms with E-state index >= 15 is 0 Å². The molecule has 10 atom stereocenters. The van der Waals surface area contributed by atoms with E-state index in [1.54, 1.807) is 38.1 Å². The molecule has 3 amide bonds. The number of nitrogens with zero attached hydrogens (tertiary/aromatic N) is 4. The minimum atomic E-state index is -0.860. The molecule has 0 spiro atoms. The number of aliphatic hydroxyl groups is 1. The predicted molar refractivity (Wildman–Crippen MR) is 224 cm³/mol. The first-order valence-electron chi connectivity index (χ1n) is 20.9. The van der Waals surface area contributed by atoms with E-state index in [2.05, 4.69) is 53.4 Å². The van der Waals surface area contributed by atoms with Gasteiger partial charge in [0.05, 0.1) is 54.8 Å². The van der Waals surface area contributed by atoms with Gasteiger partial charge in [-0.15, -0.1) is 0 Å². The maximum atomic E-state index is 14.5. The number of likely N-dealkylation sites (N-methyl/N-ethyl adjacent to an activating group) is 3. The summed E-state index contributed by atoms with van der Waals surface area (Å²) in [5.41, 5.74) is 0.515. The molecule has 1 saturated heterocycles. The Balaban J connectivity index is 2.31. The number of Topliss-reactive ketones (excluding diaryl/α,β-unsaturated/α-hetero) is 1. The molecule has 0 radical (unpaired) electrons. The summed E-state index contributed by atoms with van der Waals surface area (Å²) in [4.78, 5) is 63.9. The standard InChI is InChI=1S/C45H78N4O7/c1-17-30(6)40(47(13)44(54)34(28(2)3)26-36(50)39(29(4)5)48(14)45(9,10)11)37(55-15)27-38(51)49-25-21-24-35(49)42(56-16)31(7)43(53)46(12)32(8)41(52)33-22-19-18-20-23-33/h18-20,22-23,28-32,34-35,37,39-42,52H,17,21,24-27H2,1-16H3/t30-,31+,32+,34-,35-,37+,39-,40-,41+,42+/m0/s1. The van der Waals surface area contributed by atoms with Gasteiger partial charge in [-0.05, 0) is 70.9 Å². The third-order valence-corrected chi connectivity index (χ3v) is 12.8. The Morgan fingerprint density at radius 3 is 1.93 bits per heavy atom. The minimum absolute atomic E-state index is 0.00292. The second kappa shape index (κ2) is 21.8. The summed E-state index contributed by atoms with van der Waals surface area (Å²) in [5.74, 6) is -1.45. The van der Waals surface area contributed by atoms with Gasteiger partial charge in [-0.25, -0.2) is 0 Å². The van der Waals surface area contributed by atoms with Crippen LogP contribution in [0.5, 0.6) is 0 Å². The van der Waals surface area contributed by atoms with Crippen LogP contribution in [0.15, 0.2) is 30.3 Å². The smallest absolute Gasteiger partial charge is 0.228 e. The Labute approximate surface area is 339 Å². The number of aliphatic hydroxyl groups excluding tert-OH is 1. The summed E-state index contributed by atoms with van der Waals surface area (Å²) < 4.78 is 12.1. The fourth-order valence-electron chi connectivity index (χ4n) is 8.62. The molecular formula is C45H78N4O7. The van der Waals surface area contributed by atoms with Crippen LogP contribution in [0.4, 0.5) is 0 Å². The SMILES string of the molecule is CC[C@H](C)[C@@H]([C@@H](CC(=O)N1CCC[C@H]1[C@H](OC)[C@@H](C)C(=O)N(C)[C@H](C)[C@@H](O)c1ccccc1)OC)N(C)C(=O)[C@@H](CC(=O)[C@H](C(C)C)N(C)C(C)(C)C)C(C)C. The molecule has 2 rings (SSSR count). The van der Waals surface area contributed by atoms with Gasteiger partial charge in [-0.3, -0.25) is 24.1 Å². The van der Waals surface area contributed by atoms with E-state index < -0.39 is 42.2 Å². The topological polar surface area (TPSA) is 120 Å². The lowest BCUT2D eigenvalue weighted by Crippen LogP contribution is -2.55. The largest absolute Gasteiger partial charge is 0.386 e. The lowest BCUT2D eigenvalue weighted by Gasteiger charge is -2.42. The molecule has 1 fully saturated rings. The first-order valence-corrected chi connectivity index (χ1v) is 20.9. The van der Waals surface area contributed by atoms with Gasteiger partial charge >= 0.3 is 0 Å². The van der Waals surface area contributed by atoms with Crippen LogP contribution in [0, 0.1) is 29.6 Å². The van der Waals surface area contributed by atoms with Crippen LogP contribution in [0.3, 0.4) is 0 Å². The van der Waals surface area contributed by atoms with Gasteiger partial charge in [0.1, 0.15) is 0 Å². The zero-order chi connectivity index (χ0) is 42.8. The van der Waals surface area contributed by atoms with E-state index in [0.29, 0.717) is 13.0 Å². The van der Waals surface area contributed by atoms with Crippen molar-refractivity contribution in [3.8, 4) is 0 Å². The highest BCUT2D eigenvalue weighted by atomic mass is 16.5. The van der Waals surface area contributed by atoms with E-state index in [1.807, 2.05) is 70.0 Å². The summed E-state index contributed by atoms with van der Waals surface area (Å²) in [5, 5.41) is 11.0. The third-order valence-electron chi connectivity index (χ3n) is 12.8. The fourth-order valence-corrected chi connectivity index (χ4v) is 8.62. The minimum Gasteiger partial charge on any atom is -0.386 e. The summed E-state index contributed by atoms with van der Waals surface area (Å²) >= 11 is 0. The van der Waals surface area contributed by atoms with E-state index in [0.717, 1.165) is 18.4 Å². The number of amides is 3. The van der Waals surface area contributed by atoms with Crippen LogP contribution < -0.4 is 0 Å². The van der Waals surface area contributed by atoms with Gasteiger partial charge in [0.2, 0.25) is 17.7 Å². The van der Waals surface area contributed by atoms with E-state index in [4.69, 9.17) is 9.47 Å². The molecule has 0 saturated carbocycles. The summed E-state index contributed by atoms with van der Waals surface area (Å²) in [7, 11) is 8.63. The Hall–Kier alpha value is -2.86. The number of ketones is 1. The Morgan fingerprint density at radius 1 is 0.857 bits per heavy atom. The molecule has 56 heavy (non-hydrogen) atoms. The van der Waals surface area contributed by atoms with Gasteiger partial charge in [0, 0.05) is 52.7 Å². The molecule has 0 aliphatic carbocycles. The lowest BCUT2D eigenvalue weighted by atomic mass is 9.83. The predicted octanol–water partition coefficient (Wildman–Crippen LogP) is 6.47. The maximum Gasteiger partial charge on any atom is 0.228 e. The quantitative estimate of drug-likeness (QED) is 0.151. The molecule has 0 aromatic heterocycles. The van der Waals surface area contributed by atoms with Gasteiger partial charge in [0.25, 0.3) is 0 Å². The molecule has 320 valence electrons. The molecule has 11 heteroatoms. The zero-order valence-corrected chi connectivity index (χ0v) is 37.7. The Bertz CT molecular complexity index is 1400.